The molecule has 9 nitrogen and oxygen atoms in total. The Morgan fingerprint density at radius 2 is 1.87 bits per heavy atom. The van der Waals surface area contributed by atoms with Crippen molar-refractivity contribution < 1.29 is 14.5 Å². The van der Waals surface area contributed by atoms with Crippen molar-refractivity contribution in [3.05, 3.63) is 57.8 Å². The summed E-state index contributed by atoms with van der Waals surface area (Å²) in [7, 11) is 0. The van der Waals surface area contributed by atoms with Gasteiger partial charge in [0.15, 0.2) is 0 Å². The molecule has 2 N–H and O–H groups in total. The number of amides is 2. The standard InChI is InChI=1S/C22H25N5O4/c1-14-6-9-23-20(12-14)25-21(28)15-7-10-26(11-8-15)22(29)16-2-5-18(24-17-3-4-17)19(13-16)27(30)31/h2,5-6,9,12-13,15,17,24H,3-4,7-8,10-11H2,1H3,(H,23,25,28). The molecule has 162 valence electrons. The zero-order valence-electron chi connectivity index (χ0n) is 17.3. The Hall–Kier alpha value is -3.49. The Morgan fingerprint density at radius 3 is 2.52 bits per heavy atom. The fourth-order valence-corrected chi connectivity index (χ4v) is 3.75. The third kappa shape index (κ3) is 4.99. The SMILES string of the molecule is Cc1ccnc(NC(=O)C2CCN(C(=O)c3ccc(NC4CC4)c([N+](=O)[O-])c3)CC2)c1. The smallest absolute Gasteiger partial charge is 0.293 e. The Kier molecular flexibility index (Phi) is 5.83. The minimum Gasteiger partial charge on any atom is -0.377 e. The topological polar surface area (TPSA) is 117 Å². The van der Waals surface area contributed by atoms with Crippen LogP contribution in [0.4, 0.5) is 17.2 Å². The number of pyridine rings is 1. The van der Waals surface area contributed by atoms with E-state index < -0.39 is 4.92 Å². The summed E-state index contributed by atoms with van der Waals surface area (Å²) in [6, 6.07) is 8.53. The predicted octanol–water partition coefficient (Wildman–Crippen LogP) is 3.36. The first-order valence-electron chi connectivity index (χ1n) is 10.5. The first-order chi connectivity index (χ1) is 14.9. The van der Waals surface area contributed by atoms with E-state index in [0.717, 1.165) is 18.4 Å². The van der Waals surface area contributed by atoms with Crippen molar-refractivity contribution in [1.29, 1.82) is 0 Å². The number of benzene rings is 1. The molecule has 1 aromatic heterocycles. The number of aryl methyl sites for hydroxylation is 1. The molecule has 0 bridgehead atoms. The Balaban J connectivity index is 1.37. The number of rotatable bonds is 6. The molecule has 9 heteroatoms. The number of anilines is 2. The van der Waals surface area contributed by atoms with Gasteiger partial charge < -0.3 is 15.5 Å². The van der Waals surface area contributed by atoms with Crippen LogP contribution in [0.1, 0.15) is 41.6 Å². The zero-order valence-corrected chi connectivity index (χ0v) is 17.3. The van der Waals surface area contributed by atoms with Crippen LogP contribution in [0.5, 0.6) is 0 Å². The summed E-state index contributed by atoms with van der Waals surface area (Å²) in [5, 5.41) is 17.4. The van der Waals surface area contributed by atoms with Gasteiger partial charge in [-0.25, -0.2) is 4.98 Å². The van der Waals surface area contributed by atoms with Crippen LogP contribution in [0.15, 0.2) is 36.5 Å². The molecule has 2 heterocycles. The minimum atomic E-state index is -0.461. The van der Waals surface area contributed by atoms with Crippen LogP contribution in [0.2, 0.25) is 0 Å². The van der Waals surface area contributed by atoms with Crippen molar-refractivity contribution in [3.63, 3.8) is 0 Å². The molecular formula is C22H25N5O4. The van der Waals surface area contributed by atoms with Gasteiger partial charge >= 0.3 is 0 Å². The second kappa shape index (κ2) is 8.71. The normalized spacial score (nSPS) is 16.6. The van der Waals surface area contributed by atoms with E-state index in [4.69, 9.17) is 0 Å². The zero-order chi connectivity index (χ0) is 22.0. The Morgan fingerprint density at radius 1 is 1.13 bits per heavy atom. The number of likely N-dealkylation sites (tertiary alicyclic amines) is 1. The lowest BCUT2D eigenvalue weighted by atomic mass is 9.95. The summed E-state index contributed by atoms with van der Waals surface area (Å²) in [5.74, 6) is -0.0295. The molecule has 2 aromatic rings. The summed E-state index contributed by atoms with van der Waals surface area (Å²) < 4.78 is 0. The number of carbonyl (C=O) groups is 2. The molecule has 4 rings (SSSR count). The molecule has 0 spiro atoms. The van der Waals surface area contributed by atoms with Crippen molar-refractivity contribution in [2.45, 2.75) is 38.6 Å². The van der Waals surface area contributed by atoms with Crippen LogP contribution in [-0.2, 0) is 4.79 Å². The molecule has 1 saturated carbocycles. The van der Waals surface area contributed by atoms with Crippen LogP contribution in [0.3, 0.4) is 0 Å². The maximum absolute atomic E-state index is 12.9. The van der Waals surface area contributed by atoms with Crippen LogP contribution >= 0.6 is 0 Å². The maximum atomic E-state index is 12.9. The summed E-state index contributed by atoms with van der Waals surface area (Å²) in [6.07, 6.45) is 4.72. The molecule has 2 amide bonds. The van der Waals surface area contributed by atoms with Gasteiger partial charge in [-0.1, -0.05) is 0 Å². The monoisotopic (exact) mass is 423 g/mol. The van der Waals surface area contributed by atoms with Gasteiger partial charge in [-0.3, -0.25) is 19.7 Å². The highest BCUT2D eigenvalue weighted by atomic mass is 16.6. The third-order valence-electron chi connectivity index (χ3n) is 5.70. The molecule has 1 aliphatic carbocycles. The summed E-state index contributed by atoms with van der Waals surface area (Å²) >= 11 is 0. The molecule has 1 aromatic carbocycles. The van der Waals surface area contributed by atoms with E-state index in [9.17, 15) is 19.7 Å². The molecule has 0 radical (unpaired) electrons. The van der Waals surface area contributed by atoms with E-state index in [0.29, 0.717) is 43.0 Å². The molecule has 2 fully saturated rings. The van der Waals surface area contributed by atoms with Crippen LogP contribution in [0, 0.1) is 23.0 Å². The number of carbonyl (C=O) groups excluding carboxylic acids is 2. The van der Waals surface area contributed by atoms with Crippen molar-refractivity contribution in [2.75, 3.05) is 23.7 Å². The molecule has 1 aliphatic heterocycles. The highest BCUT2D eigenvalue weighted by Gasteiger charge is 2.30. The summed E-state index contributed by atoms with van der Waals surface area (Å²) in [4.78, 5) is 42.2. The number of hydrogen-bond acceptors (Lipinski definition) is 6. The molecule has 1 saturated heterocycles. The highest BCUT2D eigenvalue weighted by molar-refractivity contribution is 5.96. The van der Waals surface area contributed by atoms with Gasteiger partial charge in [-0.2, -0.15) is 0 Å². The van der Waals surface area contributed by atoms with E-state index in [1.165, 1.54) is 6.07 Å². The third-order valence-corrected chi connectivity index (χ3v) is 5.70. The van der Waals surface area contributed by atoms with Crippen LogP contribution in [-0.4, -0.2) is 45.8 Å². The Bertz CT molecular complexity index is 1010. The molecule has 0 unspecified atom stereocenters. The first kappa shape index (κ1) is 20.8. The molecule has 31 heavy (non-hydrogen) atoms. The van der Waals surface area contributed by atoms with Gasteiger partial charge in [0.1, 0.15) is 11.5 Å². The molecule has 2 aliphatic rings. The van der Waals surface area contributed by atoms with E-state index in [1.54, 1.807) is 23.2 Å². The van der Waals surface area contributed by atoms with Crippen molar-refractivity contribution >= 4 is 29.0 Å². The van der Waals surface area contributed by atoms with E-state index in [1.807, 2.05) is 19.1 Å². The van der Waals surface area contributed by atoms with E-state index >= 15 is 0 Å². The summed E-state index contributed by atoms with van der Waals surface area (Å²) in [6.45, 7) is 2.78. The second-order valence-electron chi connectivity index (χ2n) is 8.18. The lowest BCUT2D eigenvalue weighted by Gasteiger charge is -2.31. The van der Waals surface area contributed by atoms with Gasteiger partial charge in [0.05, 0.1) is 4.92 Å². The van der Waals surface area contributed by atoms with Crippen molar-refractivity contribution in [1.82, 2.24) is 9.88 Å². The number of nitrogens with one attached hydrogen (secondary N) is 2. The van der Waals surface area contributed by atoms with Gasteiger partial charge in [-0.15, -0.1) is 0 Å². The van der Waals surface area contributed by atoms with Crippen molar-refractivity contribution in [3.8, 4) is 0 Å². The average molecular weight is 423 g/mol. The number of aromatic nitrogens is 1. The van der Waals surface area contributed by atoms with Gasteiger partial charge in [-0.05, 0) is 62.4 Å². The predicted molar refractivity (Wildman–Crippen MR) is 116 cm³/mol. The fourth-order valence-electron chi connectivity index (χ4n) is 3.75. The quantitative estimate of drug-likeness (QED) is 0.543. The minimum absolute atomic E-state index is 0.0855. The molecule has 0 atom stereocenters. The Labute approximate surface area is 180 Å². The fraction of sp³-hybridized carbons (Fsp3) is 0.409. The number of nitro benzene ring substituents is 1. The first-order valence-corrected chi connectivity index (χ1v) is 10.5. The van der Waals surface area contributed by atoms with Crippen molar-refractivity contribution in [2.24, 2.45) is 5.92 Å². The number of piperidine rings is 1. The second-order valence-corrected chi connectivity index (χ2v) is 8.18. The largest absolute Gasteiger partial charge is 0.377 e. The molecular weight excluding hydrogens is 398 g/mol. The number of hydrogen-bond donors (Lipinski definition) is 2. The van der Waals surface area contributed by atoms with Gasteiger partial charge in [0, 0.05) is 42.9 Å². The number of nitrogens with zero attached hydrogens (tertiary/aromatic N) is 3. The maximum Gasteiger partial charge on any atom is 0.293 e. The lowest BCUT2D eigenvalue weighted by Crippen LogP contribution is -2.41. The van der Waals surface area contributed by atoms with Gasteiger partial charge in [0.2, 0.25) is 5.91 Å². The van der Waals surface area contributed by atoms with Gasteiger partial charge in [0.25, 0.3) is 11.6 Å². The van der Waals surface area contributed by atoms with Crippen LogP contribution < -0.4 is 10.6 Å². The summed E-state index contributed by atoms with van der Waals surface area (Å²) in [5.41, 5.74) is 1.67. The lowest BCUT2D eigenvalue weighted by molar-refractivity contribution is -0.384. The average Bonchev–Trinajstić information content (AvgIpc) is 3.57. The highest BCUT2D eigenvalue weighted by Crippen LogP contribution is 2.32. The van der Waals surface area contributed by atoms with E-state index in [-0.39, 0.29) is 29.5 Å². The number of nitro groups is 1. The van der Waals surface area contributed by atoms with Crippen LogP contribution in [0.25, 0.3) is 0 Å². The van der Waals surface area contributed by atoms with E-state index in [2.05, 4.69) is 15.6 Å².